The van der Waals surface area contributed by atoms with E-state index < -0.39 is 0 Å². The van der Waals surface area contributed by atoms with Crippen LogP contribution in [0.5, 0.6) is 0 Å². The zero-order valence-corrected chi connectivity index (χ0v) is 23.5. The number of benzene rings is 2. The first-order valence-electron chi connectivity index (χ1n) is 14.0. The predicted molar refractivity (Wildman–Crippen MR) is 159 cm³/mol. The highest BCUT2D eigenvalue weighted by Crippen LogP contribution is 2.45. The van der Waals surface area contributed by atoms with E-state index in [2.05, 4.69) is 53.3 Å². The standard InChI is InChI=1S/C32H32ClFN6/c1-20-30(21(2)40(37-20)19-22-4-3-5-25(34)16-22)29-18-35-32-28(29)17-27(31(36-32)24-6-7-24)23-8-10-26(11-9-23)38-12-14-39(33)15-13-38/h3-5,8-11,16-18,24H,6-7,12-15,19H2,1-2H3,(H,35,36). The number of fused-ring (bicyclic) bond motifs is 1. The zero-order valence-electron chi connectivity index (χ0n) is 22.8. The van der Waals surface area contributed by atoms with Gasteiger partial charge in [0.2, 0.25) is 0 Å². The number of H-pyrrole nitrogens is 1. The third kappa shape index (κ3) is 4.67. The molecule has 3 aromatic heterocycles. The number of rotatable bonds is 6. The minimum Gasteiger partial charge on any atom is -0.369 e. The third-order valence-electron chi connectivity index (χ3n) is 8.30. The van der Waals surface area contributed by atoms with Crippen LogP contribution in [0.15, 0.2) is 60.8 Å². The Hall–Kier alpha value is -3.68. The molecule has 4 heterocycles. The van der Waals surface area contributed by atoms with Crippen LogP contribution in [0.2, 0.25) is 0 Å². The molecule has 1 saturated heterocycles. The molecule has 1 N–H and O–H groups in total. The molecule has 2 aliphatic rings. The SMILES string of the molecule is Cc1nn(Cc2cccc(F)c2)c(C)c1-c1c[nH]c2nc(C3CC3)c(-c3ccc(N4CCN(Cl)CC4)cc3)cc12. The molecule has 0 unspecified atom stereocenters. The van der Waals surface area contributed by atoms with E-state index in [0.29, 0.717) is 12.5 Å². The maximum absolute atomic E-state index is 13.8. The first-order chi connectivity index (χ1) is 19.4. The number of piperazine rings is 1. The molecule has 2 aromatic carbocycles. The Labute approximate surface area is 238 Å². The first kappa shape index (κ1) is 25.3. The lowest BCUT2D eigenvalue weighted by Crippen LogP contribution is -2.42. The van der Waals surface area contributed by atoms with Gasteiger partial charge in [-0.3, -0.25) is 4.68 Å². The van der Waals surface area contributed by atoms with Crippen LogP contribution in [0, 0.1) is 19.7 Å². The zero-order chi connectivity index (χ0) is 27.4. The number of aromatic nitrogens is 4. The first-order valence-corrected chi connectivity index (χ1v) is 14.4. The van der Waals surface area contributed by atoms with Crippen molar-refractivity contribution in [3.05, 3.63) is 89.3 Å². The van der Waals surface area contributed by atoms with Crippen LogP contribution in [0.3, 0.4) is 0 Å². The number of pyridine rings is 1. The van der Waals surface area contributed by atoms with Gasteiger partial charge in [0.1, 0.15) is 11.5 Å². The fourth-order valence-corrected chi connectivity index (χ4v) is 6.16. The quantitative estimate of drug-likeness (QED) is 0.228. The average Bonchev–Trinajstić information content (AvgIpc) is 3.67. The number of halogens is 2. The summed E-state index contributed by atoms with van der Waals surface area (Å²) in [5, 5.41) is 5.93. The van der Waals surface area contributed by atoms with Crippen LogP contribution in [-0.2, 0) is 6.54 Å². The van der Waals surface area contributed by atoms with E-state index in [0.717, 1.165) is 65.3 Å². The summed E-state index contributed by atoms with van der Waals surface area (Å²) in [6.45, 7) is 8.24. The van der Waals surface area contributed by atoms with E-state index in [1.807, 2.05) is 22.1 Å². The Morgan fingerprint density at radius 3 is 2.48 bits per heavy atom. The van der Waals surface area contributed by atoms with E-state index in [1.165, 1.54) is 41.4 Å². The molecule has 1 saturated carbocycles. The van der Waals surface area contributed by atoms with Crippen molar-refractivity contribution in [3.8, 4) is 22.3 Å². The molecule has 0 atom stereocenters. The van der Waals surface area contributed by atoms with Crippen molar-refractivity contribution in [2.75, 3.05) is 31.1 Å². The Morgan fingerprint density at radius 2 is 1.75 bits per heavy atom. The molecule has 0 spiro atoms. The van der Waals surface area contributed by atoms with Crippen LogP contribution < -0.4 is 4.90 Å². The fourth-order valence-electron chi connectivity index (χ4n) is 6.01. The number of aromatic amines is 1. The molecule has 6 nitrogen and oxygen atoms in total. The van der Waals surface area contributed by atoms with Crippen molar-refractivity contribution in [3.63, 3.8) is 0 Å². The maximum atomic E-state index is 13.8. The molecule has 0 radical (unpaired) electrons. The average molecular weight is 555 g/mol. The Bertz CT molecular complexity index is 1690. The van der Waals surface area contributed by atoms with Crippen LogP contribution in [0.4, 0.5) is 10.1 Å². The second kappa shape index (κ2) is 10.1. The van der Waals surface area contributed by atoms with Gasteiger partial charge in [-0.2, -0.15) is 5.10 Å². The summed E-state index contributed by atoms with van der Waals surface area (Å²) in [5.74, 6) is 0.284. The number of anilines is 1. The number of hydrogen-bond donors (Lipinski definition) is 1. The summed E-state index contributed by atoms with van der Waals surface area (Å²) >= 11 is 6.16. The van der Waals surface area contributed by atoms with E-state index in [4.69, 9.17) is 21.9 Å². The molecule has 2 fully saturated rings. The van der Waals surface area contributed by atoms with Crippen LogP contribution in [-0.4, -0.2) is 50.3 Å². The van der Waals surface area contributed by atoms with Crippen molar-refractivity contribution in [1.29, 1.82) is 0 Å². The molecular formula is C32H32ClFN6. The van der Waals surface area contributed by atoms with Crippen molar-refractivity contribution in [2.24, 2.45) is 0 Å². The van der Waals surface area contributed by atoms with Crippen LogP contribution in [0.1, 0.15) is 41.4 Å². The minimum absolute atomic E-state index is 0.230. The summed E-state index contributed by atoms with van der Waals surface area (Å²) in [7, 11) is 0. The molecule has 7 rings (SSSR count). The van der Waals surface area contributed by atoms with Crippen molar-refractivity contribution < 1.29 is 4.39 Å². The van der Waals surface area contributed by atoms with E-state index in [9.17, 15) is 4.39 Å². The van der Waals surface area contributed by atoms with Gasteiger partial charge < -0.3 is 9.88 Å². The number of aryl methyl sites for hydroxylation is 1. The van der Waals surface area contributed by atoms with E-state index in [-0.39, 0.29) is 5.82 Å². The third-order valence-corrected chi connectivity index (χ3v) is 8.64. The van der Waals surface area contributed by atoms with Gasteiger partial charge in [-0.05, 0) is 79.9 Å². The summed E-state index contributed by atoms with van der Waals surface area (Å²) in [6.07, 6.45) is 4.43. The molecule has 0 bridgehead atoms. The lowest BCUT2D eigenvalue weighted by molar-refractivity contribution is 0.416. The molecule has 5 aromatic rings. The summed E-state index contributed by atoms with van der Waals surface area (Å²) < 4.78 is 17.6. The molecular weight excluding hydrogens is 523 g/mol. The normalized spacial score (nSPS) is 16.2. The van der Waals surface area contributed by atoms with Crippen molar-refractivity contribution in [1.82, 2.24) is 24.2 Å². The van der Waals surface area contributed by atoms with Gasteiger partial charge in [0.15, 0.2) is 0 Å². The number of nitrogens with zero attached hydrogens (tertiary/aromatic N) is 5. The van der Waals surface area contributed by atoms with Gasteiger partial charge in [-0.25, -0.2) is 13.8 Å². The molecule has 40 heavy (non-hydrogen) atoms. The number of nitrogens with one attached hydrogen (secondary N) is 1. The van der Waals surface area contributed by atoms with Gasteiger partial charge in [0.25, 0.3) is 0 Å². The van der Waals surface area contributed by atoms with E-state index >= 15 is 0 Å². The highest BCUT2D eigenvalue weighted by Gasteiger charge is 2.30. The smallest absolute Gasteiger partial charge is 0.138 e. The van der Waals surface area contributed by atoms with Gasteiger partial charge in [-0.15, -0.1) is 0 Å². The second-order valence-electron chi connectivity index (χ2n) is 11.1. The largest absolute Gasteiger partial charge is 0.369 e. The second-order valence-corrected chi connectivity index (χ2v) is 11.5. The van der Waals surface area contributed by atoms with Gasteiger partial charge in [0, 0.05) is 71.8 Å². The lowest BCUT2D eigenvalue weighted by Gasteiger charge is -2.32. The van der Waals surface area contributed by atoms with Crippen LogP contribution >= 0.6 is 11.8 Å². The highest BCUT2D eigenvalue weighted by molar-refractivity contribution is 6.13. The monoisotopic (exact) mass is 554 g/mol. The minimum atomic E-state index is -0.230. The Morgan fingerprint density at radius 1 is 0.975 bits per heavy atom. The summed E-state index contributed by atoms with van der Waals surface area (Å²) in [4.78, 5) is 11.0. The lowest BCUT2D eigenvalue weighted by atomic mass is 9.97. The molecule has 204 valence electrons. The topological polar surface area (TPSA) is 53.0 Å². The highest BCUT2D eigenvalue weighted by atomic mass is 35.5. The van der Waals surface area contributed by atoms with Crippen LogP contribution in [0.25, 0.3) is 33.3 Å². The summed E-state index contributed by atoms with van der Waals surface area (Å²) in [5.41, 5.74) is 10.8. The predicted octanol–water partition coefficient (Wildman–Crippen LogP) is 7.05. The maximum Gasteiger partial charge on any atom is 0.138 e. The molecule has 1 aliphatic heterocycles. The van der Waals surface area contributed by atoms with Crippen molar-refractivity contribution in [2.45, 2.75) is 39.2 Å². The number of hydrogen-bond acceptors (Lipinski definition) is 4. The van der Waals surface area contributed by atoms with Gasteiger partial charge >= 0.3 is 0 Å². The summed E-state index contributed by atoms with van der Waals surface area (Å²) in [6, 6.07) is 17.9. The van der Waals surface area contributed by atoms with Gasteiger partial charge in [-0.1, -0.05) is 24.3 Å². The molecule has 8 heteroatoms. The van der Waals surface area contributed by atoms with Gasteiger partial charge in [0.05, 0.1) is 17.9 Å². The fraction of sp³-hybridized carbons (Fsp3) is 0.312. The molecule has 0 amide bonds. The van der Waals surface area contributed by atoms with Crippen molar-refractivity contribution >= 4 is 28.5 Å². The Kier molecular flexibility index (Phi) is 6.36. The Balaban J connectivity index is 1.26. The van der Waals surface area contributed by atoms with E-state index in [1.54, 1.807) is 12.1 Å². The molecule has 1 aliphatic carbocycles.